The van der Waals surface area contributed by atoms with E-state index in [-0.39, 0.29) is 11.9 Å². The van der Waals surface area contributed by atoms with E-state index in [1.807, 2.05) is 24.3 Å². The van der Waals surface area contributed by atoms with E-state index < -0.39 is 0 Å². The van der Waals surface area contributed by atoms with Crippen molar-refractivity contribution < 1.29 is 9.53 Å². The highest BCUT2D eigenvalue weighted by molar-refractivity contribution is 6.31. The quantitative estimate of drug-likeness (QED) is 0.452. The molecule has 4 aromatic rings. The summed E-state index contributed by atoms with van der Waals surface area (Å²) in [5.74, 6) is 0.764. The number of hydrogen-bond donors (Lipinski definition) is 3. The van der Waals surface area contributed by atoms with E-state index >= 15 is 0 Å². The normalized spacial score (nSPS) is 16.3. The molecule has 0 fully saturated rings. The van der Waals surface area contributed by atoms with Gasteiger partial charge in [-0.3, -0.25) is 4.79 Å². The summed E-state index contributed by atoms with van der Waals surface area (Å²) in [6, 6.07) is 11.5. The van der Waals surface area contributed by atoms with E-state index in [0.29, 0.717) is 10.6 Å². The Labute approximate surface area is 167 Å². The molecule has 2 aromatic heterocycles. The molecule has 1 aliphatic rings. The number of aromatic amines is 2. The summed E-state index contributed by atoms with van der Waals surface area (Å²) in [5.41, 5.74) is 4.95. The topological polar surface area (TPSA) is 69.9 Å². The largest absolute Gasteiger partial charge is 0.497 e. The SMILES string of the molecule is COc1ccc2[nH]c3c(c2c1)CCCC3NC(=O)c1c[nH]c2cc(Cl)ccc12. The zero-order valence-electron chi connectivity index (χ0n) is 15.4. The van der Waals surface area contributed by atoms with Gasteiger partial charge in [0.1, 0.15) is 5.75 Å². The molecule has 142 valence electrons. The van der Waals surface area contributed by atoms with E-state index in [2.05, 4.69) is 21.4 Å². The van der Waals surface area contributed by atoms with Crippen LogP contribution >= 0.6 is 11.6 Å². The van der Waals surface area contributed by atoms with Gasteiger partial charge in [-0.05, 0) is 55.2 Å². The molecule has 1 amide bonds. The average Bonchev–Trinajstić information content (AvgIpc) is 3.29. The van der Waals surface area contributed by atoms with Crippen molar-refractivity contribution in [3.63, 3.8) is 0 Å². The smallest absolute Gasteiger partial charge is 0.253 e. The number of fused-ring (bicyclic) bond motifs is 4. The van der Waals surface area contributed by atoms with Crippen LogP contribution in [-0.2, 0) is 6.42 Å². The number of nitrogens with one attached hydrogen (secondary N) is 3. The van der Waals surface area contributed by atoms with Gasteiger partial charge in [0.2, 0.25) is 0 Å². The molecule has 5 rings (SSSR count). The summed E-state index contributed by atoms with van der Waals surface area (Å²) < 4.78 is 5.38. The molecule has 1 atom stereocenters. The second-order valence-electron chi connectivity index (χ2n) is 7.24. The average molecular weight is 394 g/mol. The number of aromatic nitrogens is 2. The fourth-order valence-electron chi connectivity index (χ4n) is 4.24. The highest BCUT2D eigenvalue weighted by Crippen LogP contribution is 2.36. The Bertz CT molecular complexity index is 1210. The number of benzene rings is 2. The van der Waals surface area contributed by atoms with Gasteiger partial charge in [-0.25, -0.2) is 0 Å². The Morgan fingerprint density at radius 2 is 2.07 bits per heavy atom. The maximum Gasteiger partial charge on any atom is 0.253 e. The number of aryl methyl sites for hydroxylation is 1. The van der Waals surface area contributed by atoms with Crippen LogP contribution in [0.3, 0.4) is 0 Å². The lowest BCUT2D eigenvalue weighted by Crippen LogP contribution is -2.30. The summed E-state index contributed by atoms with van der Waals surface area (Å²) >= 11 is 6.05. The Hall–Kier alpha value is -2.92. The maximum absolute atomic E-state index is 13.0. The number of H-pyrrole nitrogens is 2. The monoisotopic (exact) mass is 393 g/mol. The minimum absolute atomic E-state index is 0.0353. The zero-order chi connectivity index (χ0) is 19.3. The molecular weight excluding hydrogens is 374 g/mol. The first-order valence-electron chi connectivity index (χ1n) is 9.40. The minimum atomic E-state index is -0.0809. The number of hydrogen-bond acceptors (Lipinski definition) is 2. The molecule has 28 heavy (non-hydrogen) atoms. The molecule has 0 bridgehead atoms. The molecule has 6 heteroatoms. The number of carbonyl (C=O) groups is 1. The van der Waals surface area contributed by atoms with Crippen LogP contribution in [0.5, 0.6) is 5.75 Å². The lowest BCUT2D eigenvalue weighted by Gasteiger charge is -2.23. The van der Waals surface area contributed by atoms with Gasteiger partial charge >= 0.3 is 0 Å². The Morgan fingerprint density at radius 3 is 2.93 bits per heavy atom. The van der Waals surface area contributed by atoms with Crippen molar-refractivity contribution in [2.45, 2.75) is 25.3 Å². The van der Waals surface area contributed by atoms with Gasteiger partial charge in [0.05, 0.1) is 18.7 Å². The van der Waals surface area contributed by atoms with Gasteiger partial charge in [0, 0.05) is 38.7 Å². The van der Waals surface area contributed by atoms with Gasteiger partial charge in [-0.1, -0.05) is 17.7 Å². The van der Waals surface area contributed by atoms with E-state index in [0.717, 1.165) is 47.1 Å². The number of halogens is 1. The van der Waals surface area contributed by atoms with Crippen LogP contribution in [0.1, 0.15) is 40.5 Å². The van der Waals surface area contributed by atoms with Gasteiger partial charge in [-0.15, -0.1) is 0 Å². The first-order chi connectivity index (χ1) is 13.6. The number of rotatable bonds is 3. The van der Waals surface area contributed by atoms with E-state index in [1.54, 1.807) is 19.4 Å². The van der Waals surface area contributed by atoms with Crippen LogP contribution in [0.2, 0.25) is 5.02 Å². The highest BCUT2D eigenvalue weighted by Gasteiger charge is 2.26. The molecular formula is C22H20ClN3O2. The summed E-state index contributed by atoms with van der Waals surface area (Å²) in [6.07, 6.45) is 4.69. The molecule has 2 heterocycles. The number of ether oxygens (including phenoxy) is 1. The van der Waals surface area contributed by atoms with Crippen molar-refractivity contribution in [2.75, 3.05) is 7.11 Å². The van der Waals surface area contributed by atoms with Gasteiger partial charge in [0.25, 0.3) is 5.91 Å². The van der Waals surface area contributed by atoms with Crippen molar-refractivity contribution in [1.82, 2.24) is 15.3 Å². The van der Waals surface area contributed by atoms with Crippen LogP contribution in [0.4, 0.5) is 0 Å². The molecule has 0 saturated carbocycles. The van der Waals surface area contributed by atoms with E-state index in [1.165, 1.54) is 10.9 Å². The third-order valence-electron chi connectivity index (χ3n) is 5.61. The second-order valence-corrected chi connectivity index (χ2v) is 7.68. The lowest BCUT2D eigenvalue weighted by molar-refractivity contribution is 0.0933. The standard InChI is InChI=1S/C22H20ClN3O2/c1-28-13-6-8-18-16(10-13)15-3-2-4-19(21(15)25-18)26-22(27)17-11-24-20-9-12(23)5-7-14(17)20/h5-11,19,24-25H,2-4H2,1H3,(H,26,27). The zero-order valence-corrected chi connectivity index (χ0v) is 16.2. The Kier molecular flexibility index (Phi) is 4.05. The first kappa shape index (κ1) is 17.2. The fourth-order valence-corrected chi connectivity index (χ4v) is 4.41. The highest BCUT2D eigenvalue weighted by atomic mass is 35.5. The third-order valence-corrected chi connectivity index (χ3v) is 5.84. The Balaban J connectivity index is 1.48. The maximum atomic E-state index is 13.0. The molecule has 0 radical (unpaired) electrons. The van der Waals surface area contributed by atoms with Gasteiger partial charge in [-0.2, -0.15) is 0 Å². The summed E-state index contributed by atoms with van der Waals surface area (Å²) in [4.78, 5) is 19.7. The van der Waals surface area contributed by atoms with E-state index in [9.17, 15) is 4.79 Å². The summed E-state index contributed by atoms with van der Waals surface area (Å²) in [7, 11) is 1.68. The number of methoxy groups -OCH3 is 1. The molecule has 0 spiro atoms. The van der Waals surface area contributed by atoms with Crippen molar-refractivity contribution >= 4 is 39.3 Å². The lowest BCUT2D eigenvalue weighted by atomic mass is 9.91. The molecule has 0 aliphatic heterocycles. The molecule has 5 nitrogen and oxygen atoms in total. The molecule has 3 N–H and O–H groups in total. The van der Waals surface area contributed by atoms with Crippen LogP contribution < -0.4 is 10.1 Å². The van der Waals surface area contributed by atoms with Crippen molar-refractivity contribution in [3.8, 4) is 5.75 Å². The van der Waals surface area contributed by atoms with Crippen molar-refractivity contribution in [3.05, 3.63) is 64.4 Å². The van der Waals surface area contributed by atoms with Crippen LogP contribution in [0.25, 0.3) is 21.8 Å². The number of amides is 1. The second kappa shape index (κ2) is 6.60. The predicted octanol–water partition coefficient (Wildman–Crippen LogP) is 5.12. The first-order valence-corrected chi connectivity index (χ1v) is 9.78. The molecule has 0 saturated heterocycles. The minimum Gasteiger partial charge on any atom is -0.497 e. The molecule has 1 unspecified atom stereocenters. The fraction of sp³-hybridized carbons (Fsp3) is 0.227. The third kappa shape index (κ3) is 2.74. The van der Waals surface area contributed by atoms with Crippen LogP contribution in [0.15, 0.2) is 42.6 Å². The van der Waals surface area contributed by atoms with E-state index in [4.69, 9.17) is 16.3 Å². The summed E-state index contributed by atoms with van der Waals surface area (Å²) in [5, 5.41) is 5.91. The van der Waals surface area contributed by atoms with Gasteiger partial charge < -0.3 is 20.0 Å². The number of carbonyl (C=O) groups excluding carboxylic acids is 1. The molecule has 2 aromatic carbocycles. The van der Waals surface area contributed by atoms with Crippen molar-refractivity contribution in [1.29, 1.82) is 0 Å². The van der Waals surface area contributed by atoms with Crippen molar-refractivity contribution in [2.24, 2.45) is 0 Å². The van der Waals surface area contributed by atoms with Crippen LogP contribution in [0, 0.1) is 0 Å². The predicted molar refractivity (Wildman–Crippen MR) is 111 cm³/mol. The Morgan fingerprint density at radius 1 is 1.18 bits per heavy atom. The van der Waals surface area contributed by atoms with Gasteiger partial charge in [0.15, 0.2) is 0 Å². The summed E-state index contributed by atoms with van der Waals surface area (Å²) in [6.45, 7) is 0. The van der Waals surface area contributed by atoms with Crippen LogP contribution in [-0.4, -0.2) is 23.0 Å². The molecule has 1 aliphatic carbocycles.